The van der Waals surface area contributed by atoms with Crippen LogP contribution in [-0.2, 0) is 25.7 Å². The average molecular weight is 358 g/mol. The number of rotatable bonds is 4. The van der Waals surface area contributed by atoms with E-state index in [1.807, 2.05) is 18.2 Å². The topological polar surface area (TPSA) is 52.6 Å². The van der Waals surface area contributed by atoms with Crippen molar-refractivity contribution in [1.29, 1.82) is 0 Å². The zero-order chi connectivity index (χ0) is 18.9. The first-order valence-corrected chi connectivity index (χ1v) is 9.56. The van der Waals surface area contributed by atoms with Crippen LogP contribution in [-0.4, -0.2) is 25.0 Å². The third-order valence-corrected chi connectivity index (χ3v) is 6.86. The third kappa shape index (κ3) is 3.20. The summed E-state index contributed by atoms with van der Waals surface area (Å²) in [5, 5.41) is 0. The molecule has 0 aromatic heterocycles. The molecule has 0 saturated heterocycles. The largest absolute Gasteiger partial charge is 0.468 e. The third-order valence-electron chi connectivity index (χ3n) is 6.86. The van der Waals surface area contributed by atoms with Crippen LogP contribution in [0.2, 0.25) is 0 Å². The number of ketones is 1. The molecule has 0 unspecified atom stereocenters. The highest BCUT2D eigenvalue weighted by Gasteiger charge is 2.60. The normalized spacial score (nSPS) is 33.4. The van der Waals surface area contributed by atoms with E-state index in [9.17, 15) is 9.59 Å². The number of fused-ring (bicyclic) bond motifs is 1. The zero-order valence-corrected chi connectivity index (χ0v) is 16.3. The molecule has 0 amide bonds. The Morgan fingerprint density at radius 1 is 1.15 bits per heavy atom. The van der Waals surface area contributed by atoms with E-state index >= 15 is 0 Å². The highest BCUT2D eigenvalue weighted by molar-refractivity contribution is 6.00. The second-order valence-corrected chi connectivity index (χ2v) is 8.66. The van der Waals surface area contributed by atoms with Crippen molar-refractivity contribution >= 4 is 11.8 Å². The molecule has 2 fully saturated rings. The second kappa shape index (κ2) is 7.15. The summed E-state index contributed by atoms with van der Waals surface area (Å²) in [5.41, 5.74) is 0.718. The summed E-state index contributed by atoms with van der Waals surface area (Å²) in [6.45, 7) is 7.16. The number of benzene rings is 1. The summed E-state index contributed by atoms with van der Waals surface area (Å²) >= 11 is 0. The van der Waals surface area contributed by atoms with Crippen LogP contribution in [0.25, 0.3) is 0 Å². The summed E-state index contributed by atoms with van der Waals surface area (Å²) in [6, 6.07) is 10.2. The van der Waals surface area contributed by atoms with Gasteiger partial charge in [0, 0.05) is 6.42 Å². The maximum atomic E-state index is 12.5. The van der Waals surface area contributed by atoms with Crippen molar-refractivity contribution in [3.05, 3.63) is 35.9 Å². The second-order valence-electron chi connectivity index (χ2n) is 8.66. The minimum atomic E-state index is -0.638. The lowest BCUT2D eigenvalue weighted by atomic mass is 9.47. The van der Waals surface area contributed by atoms with Gasteiger partial charge >= 0.3 is 5.97 Å². The van der Waals surface area contributed by atoms with Gasteiger partial charge < -0.3 is 9.47 Å². The van der Waals surface area contributed by atoms with Crippen LogP contribution in [0, 0.1) is 22.7 Å². The summed E-state index contributed by atoms with van der Waals surface area (Å²) in [4.78, 5) is 24.9. The number of carbonyl (C=O) groups excluding carboxylic acids is 2. The van der Waals surface area contributed by atoms with Crippen molar-refractivity contribution in [2.75, 3.05) is 7.11 Å². The maximum Gasteiger partial charge on any atom is 0.316 e. The Balaban J connectivity index is 1.80. The molecule has 1 aromatic rings. The molecule has 2 saturated carbocycles. The molecule has 0 heterocycles. The molecule has 2 aliphatic rings. The molecule has 1 aromatic carbocycles. The van der Waals surface area contributed by atoms with Gasteiger partial charge in [-0.1, -0.05) is 51.1 Å². The van der Waals surface area contributed by atoms with Crippen LogP contribution in [0.3, 0.4) is 0 Å². The first kappa shape index (κ1) is 19.1. The number of ether oxygens (including phenoxy) is 2. The molecule has 0 N–H and O–H groups in total. The molecule has 0 aliphatic heterocycles. The first-order chi connectivity index (χ1) is 12.3. The Kier molecular flexibility index (Phi) is 5.25. The maximum absolute atomic E-state index is 12.5. The smallest absolute Gasteiger partial charge is 0.316 e. The van der Waals surface area contributed by atoms with Gasteiger partial charge in [-0.25, -0.2) is 0 Å². The molecule has 4 atom stereocenters. The van der Waals surface area contributed by atoms with Gasteiger partial charge in [-0.15, -0.1) is 0 Å². The summed E-state index contributed by atoms with van der Waals surface area (Å²) in [6.07, 6.45) is 3.06. The number of esters is 1. The van der Waals surface area contributed by atoms with Gasteiger partial charge in [0.25, 0.3) is 0 Å². The molecule has 142 valence electrons. The van der Waals surface area contributed by atoms with Crippen molar-refractivity contribution in [2.45, 2.75) is 59.2 Å². The van der Waals surface area contributed by atoms with E-state index in [4.69, 9.17) is 9.47 Å². The summed E-state index contributed by atoms with van der Waals surface area (Å²) < 4.78 is 11.3. The molecular weight excluding hydrogens is 328 g/mol. The van der Waals surface area contributed by atoms with Crippen molar-refractivity contribution < 1.29 is 19.1 Å². The average Bonchev–Trinajstić information content (AvgIpc) is 2.61. The van der Waals surface area contributed by atoms with E-state index in [2.05, 4.69) is 32.9 Å². The van der Waals surface area contributed by atoms with E-state index < -0.39 is 5.92 Å². The number of hydrogen-bond donors (Lipinski definition) is 0. The van der Waals surface area contributed by atoms with Crippen LogP contribution in [0.1, 0.15) is 52.0 Å². The van der Waals surface area contributed by atoms with E-state index in [1.54, 1.807) is 0 Å². The monoisotopic (exact) mass is 358 g/mol. The van der Waals surface area contributed by atoms with E-state index in [1.165, 1.54) is 12.7 Å². The highest BCUT2D eigenvalue weighted by atomic mass is 16.5. The van der Waals surface area contributed by atoms with Gasteiger partial charge in [0.05, 0.1) is 19.8 Å². The Hall–Kier alpha value is -1.68. The predicted octanol–water partition coefficient (Wildman–Crippen LogP) is 4.17. The number of hydrogen-bond acceptors (Lipinski definition) is 4. The number of methoxy groups -OCH3 is 1. The fraction of sp³-hybridized carbons (Fsp3) is 0.636. The number of carbonyl (C=O) groups is 2. The quantitative estimate of drug-likeness (QED) is 0.599. The van der Waals surface area contributed by atoms with Crippen LogP contribution in [0.15, 0.2) is 30.3 Å². The van der Waals surface area contributed by atoms with Crippen molar-refractivity contribution in [3.63, 3.8) is 0 Å². The van der Waals surface area contributed by atoms with E-state index in [-0.39, 0.29) is 34.6 Å². The number of Topliss-reactive ketones (excluding diaryl/α,β-unsaturated/α-hetero) is 1. The van der Waals surface area contributed by atoms with Gasteiger partial charge in [0.2, 0.25) is 0 Å². The van der Waals surface area contributed by atoms with Gasteiger partial charge in [0.15, 0.2) is 0 Å². The molecule has 3 rings (SSSR count). The van der Waals surface area contributed by atoms with Crippen LogP contribution in [0.4, 0.5) is 0 Å². The fourth-order valence-electron chi connectivity index (χ4n) is 5.50. The lowest BCUT2D eigenvalue weighted by Gasteiger charge is -2.58. The standard InChI is InChI=1S/C22H30O4/c1-21(2)17-11-10-16(23)19(20(24)25-4)22(17,3)13-12-18(21)26-14-15-8-6-5-7-9-15/h5-9,17-19H,10-14H2,1-4H3/t17-,18-,19+,22-/m0/s1. The van der Waals surface area contributed by atoms with Crippen molar-refractivity contribution in [1.82, 2.24) is 0 Å². The Labute approximate surface area is 156 Å². The van der Waals surface area contributed by atoms with Crippen molar-refractivity contribution in [3.8, 4) is 0 Å². The van der Waals surface area contributed by atoms with E-state index in [0.29, 0.717) is 13.0 Å². The Morgan fingerprint density at radius 2 is 1.85 bits per heavy atom. The SMILES string of the molecule is COC(=O)[C@H]1C(=O)CC[C@H]2C(C)(C)[C@@H](OCc3ccccc3)CC[C@]12C. The molecule has 0 radical (unpaired) electrons. The minimum Gasteiger partial charge on any atom is -0.468 e. The lowest BCUT2D eigenvalue weighted by Crippen LogP contribution is -2.58. The molecule has 26 heavy (non-hydrogen) atoms. The van der Waals surface area contributed by atoms with E-state index in [0.717, 1.165) is 19.3 Å². The molecule has 0 bridgehead atoms. The Bertz CT molecular complexity index is 658. The molecule has 4 heteroatoms. The fourth-order valence-corrected chi connectivity index (χ4v) is 5.50. The van der Waals surface area contributed by atoms with Gasteiger partial charge in [-0.2, -0.15) is 0 Å². The van der Waals surface area contributed by atoms with Crippen LogP contribution < -0.4 is 0 Å². The van der Waals surface area contributed by atoms with Crippen LogP contribution >= 0.6 is 0 Å². The lowest BCUT2D eigenvalue weighted by molar-refractivity contribution is -0.183. The summed E-state index contributed by atoms with van der Waals surface area (Å²) in [7, 11) is 1.38. The predicted molar refractivity (Wildman–Crippen MR) is 99.4 cm³/mol. The minimum absolute atomic E-state index is 0.0371. The molecule has 0 spiro atoms. The summed E-state index contributed by atoms with van der Waals surface area (Å²) in [5.74, 6) is -0.719. The van der Waals surface area contributed by atoms with Gasteiger partial charge in [0.1, 0.15) is 11.7 Å². The van der Waals surface area contributed by atoms with Crippen molar-refractivity contribution in [2.24, 2.45) is 22.7 Å². The zero-order valence-electron chi connectivity index (χ0n) is 16.3. The molecule has 4 nitrogen and oxygen atoms in total. The molecular formula is C22H30O4. The van der Waals surface area contributed by atoms with Gasteiger partial charge in [-0.3, -0.25) is 9.59 Å². The first-order valence-electron chi connectivity index (χ1n) is 9.56. The van der Waals surface area contributed by atoms with Gasteiger partial charge in [-0.05, 0) is 41.6 Å². The van der Waals surface area contributed by atoms with Crippen LogP contribution in [0.5, 0.6) is 0 Å². The molecule has 2 aliphatic carbocycles. The highest BCUT2D eigenvalue weighted by Crippen LogP contribution is 2.59. The Morgan fingerprint density at radius 3 is 2.50 bits per heavy atom.